The molecule has 1 aliphatic heterocycles. The number of fused-ring (bicyclic) bond motifs is 1. The van der Waals surface area contributed by atoms with Crippen molar-refractivity contribution in [2.45, 2.75) is 19.8 Å². The predicted octanol–water partition coefficient (Wildman–Crippen LogP) is 3.15. The second-order valence-electron chi connectivity index (χ2n) is 5.93. The van der Waals surface area contributed by atoms with Crippen molar-refractivity contribution in [2.75, 3.05) is 0 Å². The van der Waals surface area contributed by atoms with Gasteiger partial charge in [0, 0.05) is 0 Å². The van der Waals surface area contributed by atoms with Crippen LogP contribution < -0.4 is 0 Å². The van der Waals surface area contributed by atoms with Crippen LogP contribution in [0.4, 0.5) is 4.39 Å². The lowest BCUT2D eigenvalue weighted by atomic mass is 10.0. The summed E-state index contributed by atoms with van der Waals surface area (Å²) in [5.41, 5.74) is 1.20. The van der Waals surface area contributed by atoms with Gasteiger partial charge in [-0.1, -0.05) is 36.3 Å². The Bertz CT molecular complexity index is 814. The number of rotatable bonds is 5. The molecule has 2 aromatic carbocycles. The van der Waals surface area contributed by atoms with Gasteiger partial charge in [0.1, 0.15) is 5.82 Å². The summed E-state index contributed by atoms with van der Waals surface area (Å²) >= 11 is 0. The predicted molar refractivity (Wildman–Crippen MR) is 86.9 cm³/mol. The van der Waals surface area contributed by atoms with Crippen LogP contribution in [0, 0.1) is 11.7 Å². The molecule has 2 amide bonds. The fraction of sp³-hybridized carbons (Fsp3) is 0.211. The minimum Gasteiger partial charge on any atom is -0.329 e. The molecule has 0 spiro atoms. The van der Waals surface area contributed by atoms with Crippen LogP contribution in [0.25, 0.3) is 0 Å². The molecule has 5 nitrogen and oxygen atoms in total. The number of hydroxylamine groups is 2. The second-order valence-corrected chi connectivity index (χ2v) is 5.93. The minimum absolute atomic E-state index is 0.215. The van der Waals surface area contributed by atoms with Gasteiger partial charge in [-0.2, -0.15) is 0 Å². The second kappa shape index (κ2) is 6.84. The van der Waals surface area contributed by atoms with Gasteiger partial charge in [0.2, 0.25) is 0 Å². The van der Waals surface area contributed by atoms with Crippen LogP contribution in [0.3, 0.4) is 0 Å². The molecule has 1 unspecified atom stereocenters. The number of carbonyl (C=O) groups excluding carboxylic acids is 3. The van der Waals surface area contributed by atoms with Crippen molar-refractivity contribution >= 4 is 17.8 Å². The van der Waals surface area contributed by atoms with Gasteiger partial charge < -0.3 is 4.84 Å². The highest BCUT2D eigenvalue weighted by molar-refractivity contribution is 6.20. The van der Waals surface area contributed by atoms with E-state index < -0.39 is 23.7 Å². The molecule has 3 rings (SSSR count). The van der Waals surface area contributed by atoms with Crippen molar-refractivity contribution in [1.82, 2.24) is 5.06 Å². The maximum Gasteiger partial charge on any atom is 0.336 e. The van der Waals surface area contributed by atoms with E-state index in [0.29, 0.717) is 17.9 Å². The molecule has 25 heavy (non-hydrogen) atoms. The molecule has 0 radical (unpaired) electrons. The van der Waals surface area contributed by atoms with Gasteiger partial charge in [-0.15, -0.1) is 0 Å². The Balaban J connectivity index is 1.61. The molecule has 0 N–H and O–H groups in total. The highest BCUT2D eigenvalue weighted by Crippen LogP contribution is 2.23. The summed E-state index contributed by atoms with van der Waals surface area (Å²) in [6.07, 6.45) is 0.890. The van der Waals surface area contributed by atoms with E-state index in [1.54, 1.807) is 31.2 Å². The summed E-state index contributed by atoms with van der Waals surface area (Å²) in [5.74, 6) is -2.85. The van der Waals surface area contributed by atoms with Crippen molar-refractivity contribution < 1.29 is 23.6 Å². The summed E-state index contributed by atoms with van der Waals surface area (Å²) in [6, 6.07) is 12.4. The van der Waals surface area contributed by atoms with Crippen LogP contribution in [0.5, 0.6) is 0 Å². The summed E-state index contributed by atoms with van der Waals surface area (Å²) in [6.45, 7) is 1.64. The maximum atomic E-state index is 13.2. The molecule has 128 valence electrons. The van der Waals surface area contributed by atoms with E-state index in [9.17, 15) is 18.8 Å². The molecule has 0 saturated heterocycles. The zero-order valence-electron chi connectivity index (χ0n) is 13.6. The number of hydrogen-bond donors (Lipinski definition) is 0. The van der Waals surface area contributed by atoms with Gasteiger partial charge in [-0.05, 0) is 42.7 Å². The molecule has 0 aliphatic carbocycles. The molecule has 1 aliphatic rings. The van der Waals surface area contributed by atoms with Gasteiger partial charge in [0.25, 0.3) is 11.8 Å². The number of hydrogen-bond acceptors (Lipinski definition) is 4. The Labute approximate surface area is 144 Å². The quantitative estimate of drug-likeness (QED) is 0.784. The van der Waals surface area contributed by atoms with E-state index in [0.717, 1.165) is 5.56 Å². The van der Waals surface area contributed by atoms with Gasteiger partial charge in [0.15, 0.2) is 0 Å². The number of halogens is 1. The highest BCUT2D eigenvalue weighted by Gasteiger charge is 2.39. The third-order valence-corrected chi connectivity index (χ3v) is 4.10. The zero-order chi connectivity index (χ0) is 18.0. The fourth-order valence-electron chi connectivity index (χ4n) is 2.62. The van der Waals surface area contributed by atoms with Crippen LogP contribution in [0.15, 0.2) is 48.5 Å². The van der Waals surface area contributed by atoms with Crippen molar-refractivity contribution in [2.24, 2.45) is 5.92 Å². The lowest BCUT2D eigenvalue weighted by Gasteiger charge is -2.16. The summed E-state index contributed by atoms with van der Waals surface area (Å²) < 4.78 is 13.2. The number of carbonyl (C=O) groups is 3. The first-order valence-corrected chi connectivity index (χ1v) is 7.91. The first kappa shape index (κ1) is 16.8. The van der Waals surface area contributed by atoms with Crippen LogP contribution in [0.1, 0.15) is 39.6 Å². The van der Waals surface area contributed by atoms with Crippen LogP contribution in [-0.4, -0.2) is 22.8 Å². The molecule has 0 bridgehead atoms. The number of amides is 2. The van der Waals surface area contributed by atoms with Gasteiger partial charge in [-0.25, -0.2) is 9.18 Å². The summed E-state index contributed by atoms with van der Waals surface area (Å²) in [7, 11) is 0. The van der Waals surface area contributed by atoms with Crippen molar-refractivity contribution in [1.29, 1.82) is 0 Å². The topological polar surface area (TPSA) is 63.7 Å². The summed E-state index contributed by atoms with van der Waals surface area (Å²) in [5, 5.41) is 0.506. The Morgan fingerprint density at radius 3 is 2.32 bits per heavy atom. The third-order valence-electron chi connectivity index (χ3n) is 4.10. The first-order chi connectivity index (χ1) is 12.0. The van der Waals surface area contributed by atoms with E-state index >= 15 is 0 Å². The Hall–Kier alpha value is -3.02. The lowest BCUT2D eigenvalue weighted by Crippen LogP contribution is -2.34. The first-order valence-electron chi connectivity index (χ1n) is 7.91. The normalized spacial score (nSPS) is 14.4. The van der Waals surface area contributed by atoms with Crippen LogP contribution >= 0.6 is 0 Å². The standard InChI is InChI=1S/C19H16FNO4/c1-12(9-10-13-5-4-6-14(20)11-13)19(24)25-21-17(22)15-7-2-3-8-16(15)18(21)23/h2-8,11-12H,9-10H2,1H3. The maximum absolute atomic E-state index is 13.2. The van der Waals surface area contributed by atoms with Gasteiger partial charge >= 0.3 is 5.97 Å². The zero-order valence-corrected chi connectivity index (χ0v) is 13.6. The molecule has 2 aromatic rings. The van der Waals surface area contributed by atoms with Crippen molar-refractivity contribution in [3.05, 3.63) is 71.0 Å². The average Bonchev–Trinajstić information content (AvgIpc) is 2.85. The lowest BCUT2D eigenvalue weighted by molar-refractivity contribution is -0.173. The van der Waals surface area contributed by atoms with E-state index in [2.05, 4.69) is 0 Å². The largest absolute Gasteiger partial charge is 0.336 e. The smallest absolute Gasteiger partial charge is 0.329 e. The molecule has 0 saturated carbocycles. The van der Waals surface area contributed by atoms with E-state index in [4.69, 9.17) is 4.84 Å². The average molecular weight is 341 g/mol. The number of imide groups is 1. The SMILES string of the molecule is CC(CCc1cccc(F)c1)C(=O)ON1C(=O)c2ccccc2C1=O. The molecular formula is C19H16FNO4. The Kier molecular flexibility index (Phi) is 4.61. The fourth-order valence-corrected chi connectivity index (χ4v) is 2.62. The monoisotopic (exact) mass is 341 g/mol. The number of aryl methyl sites for hydroxylation is 1. The molecule has 1 heterocycles. The Morgan fingerprint density at radius 1 is 1.08 bits per heavy atom. The third kappa shape index (κ3) is 3.42. The minimum atomic E-state index is -0.675. The molecule has 0 fully saturated rings. The van der Waals surface area contributed by atoms with Crippen molar-refractivity contribution in [3.63, 3.8) is 0 Å². The van der Waals surface area contributed by atoms with Crippen molar-refractivity contribution in [3.8, 4) is 0 Å². The van der Waals surface area contributed by atoms with E-state index in [1.165, 1.54) is 24.3 Å². The number of benzene rings is 2. The van der Waals surface area contributed by atoms with E-state index in [1.807, 2.05) is 0 Å². The summed E-state index contributed by atoms with van der Waals surface area (Å²) in [4.78, 5) is 41.5. The van der Waals surface area contributed by atoms with Crippen LogP contribution in [0.2, 0.25) is 0 Å². The molecule has 0 aromatic heterocycles. The molecule has 1 atom stereocenters. The van der Waals surface area contributed by atoms with E-state index in [-0.39, 0.29) is 16.9 Å². The number of nitrogens with zero attached hydrogens (tertiary/aromatic N) is 1. The molecule has 6 heteroatoms. The van der Waals surface area contributed by atoms with Gasteiger partial charge in [0.05, 0.1) is 17.0 Å². The van der Waals surface area contributed by atoms with Gasteiger partial charge in [-0.3, -0.25) is 9.59 Å². The Morgan fingerprint density at radius 2 is 1.72 bits per heavy atom. The molecular weight excluding hydrogens is 325 g/mol. The van der Waals surface area contributed by atoms with Crippen LogP contribution in [-0.2, 0) is 16.1 Å². The highest BCUT2D eigenvalue weighted by atomic mass is 19.1.